The number of ketones is 1. The summed E-state index contributed by atoms with van der Waals surface area (Å²) in [6.45, 7) is 2.77. The van der Waals surface area contributed by atoms with Crippen molar-refractivity contribution in [2.75, 3.05) is 13.2 Å². The van der Waals surface area contributed by atoms with Crippen LogP contribution in [-0.2, 0) is 25.7 Å². The molecule has 0 heterocycles. The van der Waals surface area contributed by atoms with Crippen molar-refractivity contribution in [2.24, 2.45) is 0 Å². The molecule has 0 unspecified atom stereocenters. The molecule has 0 radical (unpaired) electrons. The molecule has 1 N–H and O–H groups in total. The molecule has 0 saturated carbocycles. The van der Waals surface area contributed by atoms with E-state index in [9.17, 15) is 14.7 Å². The van der Waals surface area contributed by atoms with Crippen molar-refractivity contribution in [3.05, 3.63) is 35.9 Å². The highest BCUT2D eigenvalue weighted by Crippen LogP contribution is 2.04. The minimum atomic E-state index is -0.903. The Labute approximate surface area is 131 Å². The van der Waals surface area contributed by atoms with E-state index in [1.165, 1.54) is 0 Å². The SMILES string of the molecule is CCCCOC(=O)CC(=O)C[C@H](O)COCc1ccccc1. The quantitative estimate of drug-likeness (QED) is 0.386. The zero-order valence-corrected chi connectivity index (χ0v) is 13.0. The van der Waals surface area contributed by atoms with E-state index in [1.54, 1.807) is 0 Å². The third kappa shape index (κ3) is 8.54. The molecular formula is C17H24O5. The molecule has 5 heteroatoms. The Balaban J connectivity index is 2.14. The lowest BCUT2D eigenvalue weighted by Gasteiger charge is -2.10. The maximum absolute atomic E-state index is 11.6. The third-order valence-electron chi connectivity index (χ3n) is 2.99. The van der Waals surface area contributed by atoms with Crippen LogP contribution >= 0.6 is 0 Å². The van der Waals surface area contributed by atoms with Gasteiger partial charge in [-0.2, -0.15) is 0 Å². The Kier molecular flexibility index (Phi) is 9.11. The number of benzene rings is 1. The average Bonchev–Trinajstić information content (AvgIpc) is 2.48. The maximum atomic E-state index is 11.6. The number of rotatable bonds is 11. The highest BCUT2D eigenvalue weighted by molar-refractivity contribution is 5.95. The van der Waals surface area contributed by atoms with Gasteiger partial charge in [0, 0.05) is 6.42 Å². The number of hydrogen-bond acceptors (Lipinski definition) is 5. The first-order chi connectivity index (χ1) is 10.6. The van der Waals surface area contributed by atoms with Crippen LogP contribution in [0, 0.1) is 0 Å². The number of aliphatic hydroxyl groups is 1. The standard InChI is InChI=1S/C17H24O5/c1-2-3-9-22-17(20)11-15(18)10-16(19)13-21-12-14-7-5-4-6-8-14/h4-8,16,19H,2-3,9-13H2,1H3/t16-/m0/s1. The number of aliphatic hydroxyl groups excluding tert-OH is 1. The first-order valence-electron chi connectivity index (χ1n) is 7.59. The number of carbonyl (C=O) groups excluding carboxylic acids is 2. The molecule has 0 aliphatic rings. The summed E-state index contributed by atoms with van der Waals surface area (Å²) in [4.78, 5) is 23.0. The van der Waals surface area contributed by atoms with Crippen LogP contribution in [0.4, 0.5) is 0 Å². The van der Waals surface area contributed by atoms with Gasteiger partial charge in [0.1, 0.15) is 12.2 Å². The van der Waals surface area contributed by atoms with Gasteiger partial charge in [0.2, 0.25) is 0 Å². The Hall–Kier alpha value is -1.72. The average molecular weight is 308 g/mol. The number of carbonyl (C=O) groups is 2. The molecular weight excluding hydrogens is 284 g/mol. The molecule has 0 aliphatic heterocycles. The molecule has 1 rings (SSSR count). The first kappa shape index (κ1) is 18.3. The van der Waals surface area contributed by atoms with E-state index in [1.807, 2.05) is 37.3 Å². The molecule has 0 aromatic heterocycles. The predicted molar refractivity (Wildman–Crippen MR) is 82.2 cm³/mol. The smallest absolute Gasteiger partial charge is 0.313 e. The van der Waals surface area contributed by atoms with Crippen LogP contribution in [0.1, 0.15) is 38.2 Å². The van der Waals surface area contributed by atoms with E-state index in [0.717, 1.165) is 18.4 Å². The number of Topliss-reactive ketones (excluding diaryl/α,β-unsaturated/α-hetero) is 1. The van der Waals surface area contributed by atoms with Gasteiger partial charge in [-0.05, 0) is 12.0 Å². The van der Waals surface area contributed by atoms with Crippen LogP contribution in [0.3, 0.4) is 0 Å². The van der Waals surface area contributed by atoms with Crippen molar-refractivity contribution in [3.63, 3.8) is 0 Å². The fourth-order valence-electron chi connectivity index (χ4n) is 1.82. The van der Waals surface area contributed by atoms with Crippen molar-refractivity contribution >= 4 is 11.8 Å². The van der Waals surface area contributed by atoms with E-state index in [4.69, 9.17) is 9.47 Å². The topological polar surface area (TPSA) is 72.8 Å². The van der Waals surface area contributed by atoms with E-state index in [0.29, 0.717) is 13.2 Å². The van der Waals surface area contributed by atoms with Crippen molar-refractivity contribution < 1.29 is 24.2 Å². The zero-order chi connectivity index (χ0) is 16.2. The lowest BCUT2D eigenvalue weighted by atomic mass is 10.1. The Morgan fingerprint density at radius 1 is 1.23 bits per heavy atom. The van der Waals surface area contributed by atoms with Gasteiger partial charge in [-0.3, -0.25) is 9.59 Å². The van der Waals surface area contributed by atoms with Gasteiger partial charge in [0.25, 0.3) is 0 Å². The lowest BCUT2D eigenvalue weighted by molar-refractivity contribution is -0.146. The van der Waals surface area contributed by atoms with E-state index < -0.39 is 12.1 Å². The number of esters is 1. The summed E-state index contributed by atoms with van der Waals surface area (Å²) >= 11 is 0. The van der Waals surface area contributed by atoms with Crippen LogP contribution in [0.5, 0.6) is 0 Å². The summed E-state index contributed by atoms with van der Waals surface area (Å²) in [6.07, 6.45) is 0.422. The highest BCUT2D eigenvalue weighted by Gasteiger charge is 2.15. The van der Waals surface area contributed by atoms with Gasteiger partial charge in [0.15, 0.2) is 0 Å². The molecule has 0 spiro atoms. The Morgan fingerprint density at radius 2 is 1.95 bits per heavy atom. The van der Waals surface area contributed by atoms with Gasteiger partial charge in [-0.1, -0.05) is 43.7 Å². The van der Waals surface area contributed by atoms with Gasteiger partial charge in [-0.15, -0.1) is 0 Å². The fourth-order valence-corrected chi connectivity index (χ4v) is 1.82. The summed E-state index contributed by atoms with van der Waals surface area (Å²) < 4.78 is 10.2. The van der Waals surface area contributed by atoms with Crippen LogP contribution in [0.15, 0.2) is 30.3 Å². The third-order valence-corrected chi connectivity index (χ3v) is 2.99. The minimum Gasteiger partial charge on any atom is -0.465 e. The second-order valence-electron chi connectivity index (χ2n) is 5.15. The minimum absolute atomic E-state index is 0.0610. The number of unbranched alkanes of at least 4 members (excludes halogenated alkanes) is 1. The lowest BCUT2D eigenvalue weighted by Crippen LogP contribution is -2.22. The largest absolute Gasteiger partial charge is 0.465 e. The van der Waals surface area contributed by atoms with E-state index in [-0.39, 0.29) is 25.2 Å². The van der Waals surface area contributed by atoms with Crippen molar-refractivity contribution in [1.82, 2.24) is 0 Å². The second kappa shape index (κ2) is 10.9. The second-order valence-corrected chi connectivity index (χ2v) is 5.15. The van der Waals surface area contributed by atoms with Gasteiger partial charge in [0.05, 0.1) is 25.9 Å². The number of hydrogen-bond donors (Lipinski definition) is 1. The monoisotopic (exact) mass is 308 g/mol. The molecule has 1 atom stereocenters. The molecule has 5 nitrogen and oxygen atoms in total. The molecule has 1 aromatic rings. The first-order valence-corrected chi connectivity index (χ1v) is 7.59. The van der Waals surface area contributed by atoms with E-state index in [2.05, 4.69) is 0 Å². The maximum Gasteiger partial charge on any atom is 0.313 e. The van der Waals surface area contributed by atoms with Gasteiger partial charge < -0.3 is 14.6 Å². The molecule has 0 amide bonds. The molecule has 0 bridgehead atoms. The van der Waals surface area contributed by atoms with Gasteiger partial charge >= 0.3 is 5.97 Å². The van der Waals surface area contributed by atoms with Crippen LogP contribution in [0.25, 0.3) is 0 Å². The van der Waals surface area contributed by atoms with Crippen molar-refractivity contribution in [3.8, 4) is 0 Å². The Morgan fingerprint density at radius 3 is 2.64 bits per heavy atom. The molecule has 1 aromatic carbocycles. The highest BCUT2D eigenvalue weighted by atomic mass is 16.5. The summed E-state index contributed by atoms with van der Waals surface area (Å²) in [5.41, 5.74) is 1.00. The molecule has 0 saturated heterocycles. The van der Waals surface area contributed by atoms with Crippen LogP contribution in [0.2, 0.25) is 0 Å². The fraction of sp³-hybridized carbons (Fsp3) is 0.529. The van der Waals surface area contributed by atoms with E-state index >= 15 is 0 Å². The zero-order valence-electron chi connectivity index (χ0n) is 13.0. The van der Waals surface area contributed by atoms with Crippen LogP contribution in [-0.4, -0.2) is 36.2 Å². The summed E-state index contributed by atoms with van der Waals surface area (Å²) in [7, 11) is 0. The van der Waals surface area contributed by atoms with Gasteiger partial charge in [-0.25, -0.2) is 0 Å². The molecule has 122 valence electrons. The summed E-state index contributed by atoms with van der Waals surface area (Å²) in [5.74, 6) is -0.867. The predicted octanol–water partition coefficient (Wildman–Crippen LogP) is 2.26. The number of ether oxygens (including phenoxy) is 2. The Bertz CT molecular complexity index is 444. The van der Waals surface area contributed by atoms with Crippen molar-refractivity contribution in [1.29, 1.82) is 0 Å². The summed E-state index contributed by atoms with van der Waals surface area (Å²) in [5, 5.41) is 9.73. The van der Waals surface area contributed by atoms with Crippen LogP contribution < -0.4 is 0 Å². The summed E-state index contributed by atoms with van der Waals surface area (Å²) in [6, 6.07) is 9.57. The van der Waals surface area contributed by atoms with Crippen molar-refractivity contribution in [2.45, 2.75) is 45.3 Å². The molecule has 0 fully saturated rings. The molecule has 0 aliphatic carbocycles. The normalized spacial score (nSPS) is 11.9. The molecule has 22 heavy (non-hydrogen) atoms.